The van der Waals surface area contributed by atoms with Crippen LogP contribution in [0.1, 0.15) is 0 Å². The summed E-state index contributed by atoms with van der Waals surface area (Å²) in [6.07, 6.45) is 3.69. The highest BCUT2D eigenvalue weighted by Crippen LogP contribution is 2.36. The van der Waals surface area contributed by atoms with Crippen LogP contribution in [0.5, 0.6) is 0 Å². The van der Waals surface area contributed by atoms with E-state index in [1.807, 2.05) is 48.7 Å². The summed E-state index contributed by atoms with van der Waals surface area (Å²) in [5, 5.41) is 21.3. The van der Waals surface area contributed by atoms with E-state index in [4.69, 9.17) is 0 Å². The largest absolute Gasteiger partial charge is 0.488 e. The van der Waals surface area contributed by atoms with Gasteiger partial charge in [0, 0.05) is 17.8 Å². The molecular formula is C27H20BNO2. The summed E-state index contributed by atoms with van der Waals surface area (Å²) >= 11 is 0. The van der Waals surface area contributed by atoms with Crippen LogP contribution in [0.2, 0.25) is 0 Å². The molecule has 5 rings (SSSR count). The maximum Gasteiger partial charge on any atom is 0.488 e. The lowest BCUT2D eigenvalue weighted by molar-refractivity contribution is 0.426. The van der Waals surface area contributed by atoms with Crippen molar-refractivity contribution in [2.75, 3.05) is 0 Å². The van der Waals surface area contributed by atoms with Gasteiger partial charge in [-0.05, 0) is 56.4 Å². The Kier molecular flexibility index (Phi) is 5.09. The van der Waals surface area contributed by atoms with Gasteiger partial charge < -0.3 is 10.0 Å². The predicted octanol–water partition coefficient (Wildman–Crippen LogP) is 4.92. The van der Waals surface area contributed by atoms with Crippen molar-refractivity contribution in [3.05, 3.63) is 109 Å². The van der Waals surface area contributed by atoms with Crippen LogP contribution in [-0.4, -0.2) is 22.2 Å². The Balaban J connectivity index is 1.66. The van der Waals surface area contributed by atoms with Crippen molar-refractivity contribution < 1.29 is 10.0 Å². The lowest BCUT2D eigenvalue weighted by atomic mass is 9.79. The molecule has 5 aromatic rings. The molecule has 4 aromatic carbocycles. The van der Waals surface area contributed by atoms with E-state index in [9.17, 15) is 10.0 Å². The van der Waals surface area contributed by atoms with E-state index in [1.165, 1.54) is 11.1 Å². The number of rotatable bonds is 4. The van der Waals surface area contributed by atoms with Gasteiger partial charge in [0.15, 0.2) is 0 Å². The molecular weight excluding hydrogens is 381 g/mol. The summed E-state index contributed by atoms with van der Waals surface area (Å²) in [4.78, 5) is 4.38. The molecule has 0 aliphatic carbocycles. The first kappa shape index (κ1) is 19.3. The fraction of sp³-hybridized carbons (Fsp3) is 0. The zero-order valence-corrected chi connectivity index (χ0v) is 16.8. The van der Waals surface area contributed by atoms with Gasteiger partial charge in [-0.25, -0.2) is 0 Å². The van der Waals surface area contributed by atoms with Crippen LogP contribution >= 0.6 is 0 Å². The minimum Gasteiger partial charge on any atom is -0.423 e. The van der Waals surface area contributed by atoms with Crippen LogP contribution < -0.4 is 5.46 Å². The Morgan fingerprint density at radius 1 is 0.548 bits per heavy atom. The fourth-order valence-electron chi connectivity index (χ4n) is 4.06. The molecule has 1 aromatic heterocycles. The van der Waals surface area contributed by atoms with Crippen LogP contribution in [0.3, 0.4) is 0 Å². The summed E-state index contributed by atoms with van der Waals surface area (Å²) < 4.78 is 0. The maximum atomic E-state index is 9.57. The zero-order chi connectivity index (χ0) is 21.2. The molecule has 0 radical (unpaired) electrons. The molecule has 2 N–H and O–H groups in total. The van der Waals surface area contributed by atoms with Gasteiger partial charge in [0.2, 0.25) is 0 Å². The molecule has 148 valence electrons. The SMILES string of the molecule is OB(O)c1cccc(-c2ccc(-c3cccc(-c4ccccc4)c3)c3cnccc23)c1. The van der Waals surface area contributed by atoms with Crippen molar-refractivity contribution in [2.45, 2.75) is 0 Å². The summed E-state index contributed by atoms with van der Waals surface area (Å²) in [6.45, 7) is 0. The van der Waals surface area contributed by atoms with Gasteiger partial charge in [-0.15, -0.1) is 0 Å². The van der Waals surface area contributed by atoms with Crippen LogP contribution in [0.25, 0.3) is 44.2 Å². The second-order valence-electron chi connectivity index (χ2n) is 7.53. The van der Waals surface area contributed by atoms with E-state index in [1.54, 1.807) is 12.3 Å². The highest BCUT2D eigenvalue weighted by atomic mass is 16.4. The zero-order valence-electron chi connectivity index (χ0n) is 16.8. The average Bonchev–Trinajstić information content (AvgIpc) is 2.84. The third-order valence-electron chi connectivity index (χ3n) is 5.59. The minimum absolute atomic E-state index is 0.472. The molecule has 0 spiro atoms. The monoisotopic (exact) mass is 401 g/mol. The number of benzene rings is 4. The van der Waals surface area contributed by atoms with Crippen molar-refractivity contribution in [3.63, 3.8) is 0 Å². The molecule has 31 heavy (non-hydrogen) atoms. The van der Waals surface area contributed by atoms with Gasteiger partial charge in [0.1, 0.15) is 0 Å². The molecule has 0 amide bonds. The van der Waals surface area contributed by atoms with Crippen molar-refractivity contribution in [3.8, 4) is 33.4 Å². The molecule has 4 heteroatoms. The highest BCUT2D eigenvalue weighted by Gasteiger charge is 2.14. The molecule has 0 atom stereocenters. The fourth-order valence-corrected chi connectivity index (χ4v) is 4.06. The van der Waals surface area contributed by atoms with E-state index >= 15 is 0 Å². The first-order valence-corrected chi connectivity index (χ1v) is 10.2. The quantitative estimate of drug-likeness (QED) is 0.421. The molecule has 0 unspecified atom stereocenters. The van der Waals surface area contributed by atoms with Crippen LogP contribution in [0, 0.1) is 0 Å². The highest BCUT2D eigenvalue weighted by molar-refractivity contribution is 6.58. The normalized spacial score (nSPS) is 10.9. The molecule has 0 aliphatic rings. The summed E-state index contributed by atoms with van der Waals surface area (Å²) in [5.41, 5.74) is 7.04. The number of nitrogens with zero attached hydrogens (tertiary/aromatic N) is 1. The molecule has 0 saturated carbocycles. The van der Waals surface area contributed by atoms with Crippen molar-refractivity contribution in [2.24, 2.45) is 0 Å². The summed E-state index contributed by atoms with van der Waals surface area (Å²) in [6, 6.07) is 32.5. The molecule has 1 heterocycles. The summed E-state index contributed by atoms with van der Waals surface area (Å²) in [7, 11) is -1.49. The van der Waals surface area contributed by atoms with Crippen molar-refractivity contribution >= 4 is 23.4 Å². The van der Waals surface area contributed by atoms with E-state index < -0.39 is 7.12 Å². The van der Waals surface area contributed by atoms with E-state index in [-0.39, 0.29) is 0 Å². The second kappa shape index (κ2) is 8.19. The van der Waals surface area contributed by atoms with Gasteiger partial charge in [0.25, 0.3) is 0 Å². The van der Waals surface area contributed by atoms with Crippen LogP contribution in [0.15, 0.2) is 109 Å². The number of hydrogen-bond acceptors (Lipinski definition) is 3. The number of aromatic nitrogens is 1. The van der Waals surface area contributed by atoms with Gasteiger partial charge in [-0.3, -0.25) is 4.98 Å². The van der Waals surface area contributed by atoms with Gasteiger partial charge >= 0.3 is 7.12 Å². The lowest BCUT2D eigenvalue weighted by Gasteiger charge is -2.13. The third-order valence-corrected chi connectivity index (χ3v) is 5.59. The average molecular weight is 401 g/mol. The Bertz CT molecular complexity index is 1370. The summed E-state index contributed by atoms with van der Waals surface area (Å²) in [5.74, 6) is 0. The maximum absolute atomic E-state index is 9.57. The van der Waals surface area contributed by atoms with Gasteiger partial charge in [-0.1, -0.05) is 84.9 Å². The van der Waals surface area contributed by atoms with Crippen molar-refractivity contribution in [1.82, 2.24) is 4.98 Å². The predicted molar refractivity (Wildman–Crippen MR) is 128 cm³/mol. The first-order valence-electron chi connectivity index (χ1n) is 10.2. The Morgan fingerprint density at radius 3 is 1.97 bits per heavy atom. The number of fused-ring (bicyclic) bond motifs is 1. The van der Waals surface area contributed by atoms with E-state index in [2.05, 4.69) is 53.5 Å². The lowest BCUT2D eigenvalue weighted by Crippen LogP contribution is -2.29. The topological polar surface area (TPSA) is 53.4 Å². The van der Waals surface area contributed by atoms with E-state index in [0.717, 1.165) is 33.0 Å². The second-order valence-corrected chi connectivity index (χ2v) is 7.53. The molecule has 0 fully saturated rings. The first-order chi connectivity index (χ1) is 15.2. The van der Waals surface area contributed by atoms with Gasteiger partial charge in [0.05, 0.1) is 0 Å². The van der Waals surface area contributed by atoms with Crippen LogP contribution in [0.4, 0.5) is 0 Å². The molecule has 0 bridgehead atoms. The van der Waals surface area contributed by atoms with E-state index in [0.29, 0.717) is 5.46 Å². The Labute approximate surface area is 181 Å². The Morgan fingerprint density at radius 2 is 1.19 bits per heavy atom. The number of hydrogen-bond donors (Lipinski definition) is 2. The Hall–Kier alpha value is -3.73. The smallest absolute Gasteiger partial charge is 0.423 e. The third kappa shape index (κ3) is 3.75. The minimum atomic E-state index is -1.49. The number of pyridine rings is 1. The molecule has 3 nitrogen and oxygen atoms in total. The standard InChI is InChI=1S/C27H20BNO2/c30-28(31)23-11-5-10-22(17-23)24-12-13-25(27-18-29-15-14-26(24)27)21-9-4-8-20(16-21)19-6-2-1-3-7-19/h1-18,30-31H. The van der Waals surface area contributed by atoms with Crippen molar-refractivity contribution in [1.29, 1.82) is 0 Å². The molecule has 0 aliphatic heterocycles. The van der Waals surface area contributed by atoms with Crippen LogP contribution in [-0.2, 0) is 0 Å². The van der Waals surface area contributed by atoms with Gasteiger partial charge in [-0.2, -0.15) is 0 Å². The molecule has 0 saturated heterocycles.